The number of amides is 5. The minimum absolute atomic E-state index is 0.00638. The fourth-order valence-electron chi connectivity index (χ4n) is 7.95. The maximum absolute atomic E-state index is 14.8. The van der Waals surface area contributed by atoms with Gasteiger partial charge >= 0.3 is 6.09 Å². The molecule has 1 saturated heterocycles. The number of unbranched alkanes of at least 4 members (excludes halogenated alkanes) is 1. The number of hydrogen-bond acceptors (Lipinski definition) is 11. The van der Waals surface area contributed by atoms with Gasteiger partial charge in [0, 0.05) is 25.1 Å². The molecule has 2 heterocycles. The quantitative estimate of drug-likeness (QED) is 0.0544. The Morgan fingerprint density at radius 2 is 1.69 bits per heavy atom. The number of aliphatic hydroxyl groups is 1. The predicted molar refractivity (Wildman–Crippen MR) is 222 cm³/mol. The Morgan fingerprint density at radius 3 is 2.38 bits per heavy atom. The zero-order chi connectivity index (χ0) is 44.1. The van der Waals surface area contributed by atoms with Crippen molar-refractivity contribution in [2.75, 3.05) is 13.1 Å². The van der Waals surface area contributed by atoms with E-state index >= 15 is 0 Å². The van der Waals surface area contributed by atoms with Crippen molar-refractivity contribution in [3.8, 4) is 0 Å². The summed E-state index contributed by atoms with van der Waals surface area (Å²) in [6.45, 7) is 3.31. The van der Waals surface area contributed by atoms with Crippen molar-refractivity contribution in [3.63, 3.8) is 0 Å². The van der Waals surface area contributed by atoms with Crippen molar-refractivity contribution in [2.24, 2.45) is 11.7 Å². The molecule has 19 heteroatoms. The van der Waals surface area contributed by atoms with Crippen LogP contribution in [-0.2, 0) is 53.0 Å². The molecule has 1 aliphatic carbocycles. The Labute approximate surface area is 357 Å². The SMILES string of the molecule is CC(C)(O)c1cnnn1[C@H]1C[C@@H](C(=O)NC(CCCCNC(=O)OCc2ccccc2)C(=O)C(N)=O)N(C(=O)[C@@H](CC2CCCCC2)NC(=O)c2cccc(CS(=O)O)c2)C1. The molecule has 2 aliphatic rings. The normalized spacial score (nSPS) is 18.4. The van der Waals surface area contributed by atoms with Crippen molar-refractivity contribution in [1.82, 2.24) is 35.8 Å². The molecule has 2 unspecified atom stereocenters. The molecule has 1 aromatic heterocycles. The van der Waals surface area contributed by atoms with Crippen LogP contribution in [0.4, 0.5) is 4.79 Å². The van der Waals surface area contributed by atoms with Gasteiger partial charge in [-0.25, -0.2) is 13.7 Å². The van der Waals surface area contributed by atoms with Crippen LogP contribution in [0.3, 0.4) is 0 Å². The summed E-state index contributed by atoms with van der Waals surface area (Å²) < 4.78 is 27.6. The first-order valence-corrected chi connectivity index (χ1v) is 21.9. The molecule has 2 aromatic carbocycles. The number of benzene rings is 2. The number of rotatable bonds is 20. The van der Waals surface area contributed by atoms with Crippen LogP contribution >= 0.6 is 0 Å². The Balaban J connectivity index is 1.34. The van der Waals surface area contributed by atoms with Crippen LogP contribution in [-0.4, -0.2) is 100 Å². The van der Waals surface area contributed by atoms with Crippen molar-refractivity contribution in [3.05, 3.63) is 83.2 Å². The van der Waals surface area contributed by atoms with Gasteiger partial charge in [-0.15, -0.1) is 5.10 Å². The Kier molecular flexibility index (Phi) is 16.7. The first kappa shape index (κ1) is 46.5. The number of ketones is 1. The molecule has 1 aliphatic heterocycles. The molecule has 0 bridgehead atoms. The minimum atomic E-state index is -2.14. The number of carbonyl (C=O) groups excluding carboxylic acids is 6. The van der Waals surface area contributed by atoms with Gasteiger partial charge in [-0.3, -0.25) is 24.0 Å². The number of likely N-dealkylation sites (tertiary alicyclic amines) is 1. The van der Waals surface area contributed by atoms with Crippen LogP contribution in [0.25, 0.3) is 0 Å². The number of aromatic nitrogens is 3. The number of carbonyl (C=O) groups is 6. The van der Waals surface area contributed by atoms with E-state index in [1.807, 2.05) is 30.3 Å². The second-order valence-electron chi connectivity index (χ2n) is 16.2. The molecule has 7 N–H and O–H groups in total. The molecule has 18 nitrogen and oxygen atoms in total. The summed E-state index contributed by atoms with van der Waals surface area (Å²) in [5.41, 5.74) is 5.81. The van der Waals surface area contributed by atoms with Crippen LogP contribution in [0.5, 0.6) is 0 Å². The van der Waals surface area contributed by atoms with Crippen LogP contribution in [0.15, 0.2) is 60.8 Å². The van der Waals surface area contributed by atoms with E-state index in [4.69, 9.17) is 10.5 Å². The molecule has 5 amide bonds. The maximum Gasteiger partial charge on any atom is 0.407 e. The smallest absolute Gasteiger partial charge is 0.407 e. The summed E-state index contributed by atoms with van der Waals surface area (Å²) >= 11 is -2.14. The zero-order valence-corrected chi connectivity index (χ0v) is 35.3. The highest BCUT2D eigenvalue weighted by Gasteiger charge is 2.45. The van der Waals surface area contributed by atoms with Gasteiger partial charge in [0.25, 0.3) is 11.8 Å². The van der Waals surface area contributed by atoms with Gasteiger partial charge in [-0.2, -0.15) is 0 Å². The van der Waals surface area contributed by atoms with Crippen LogP contribution in [0.1, 0.15) is 111 Å². The van der Waals surface area contributed by atoms with Crippen molar-refractivity contribution < 1.29 is 47.4 Å². The zero-order valence-electron chi connectivity index (χ0n) is 34.5. The van der Waals surface area contributed by atoms with Crippen LogP contribution in [0, 0.1) is 5.92 Å². The van der Waals surface area contributed by atoms with E-state index < -0.39 is 76.4 Å². The summed E-state index contributed by atoms with van der Waals surface area (Å²) in [7, 11) is 0. The number of alkyl carbamates (subject to hydrolysis) is 1. The van der Waals surface area contributed by atoms with Gasteiger partial charge in [0.15, 0.2) is 11.1 Å². The summed E-state index contributed by atoms with van der Waals surface area (Å²) in [5, 5.41) is 27.3. The molecular formula is C42H56N8O10S. The highest BCUT2D eigenvalue weighted by atomic mass is 32.2. The highest BCUT2D eigenvalue weighted by Crippen LogP contribution is 2.33. The standard InChI is InChI=1S/C42H56N8O10S/c1-42(2,57)35-23-45-48-50(35)31-22-34(39(54)46-32(36(51)37(43)52)18-9-10-19-44-41(56)60-25-28-14-7-4-8-15-28)49(24-31)40(55)33(21-27-12-5-3-6-13-27)47-38(53)30-17-11-16-29(20-30)26-61(58)59/h4,7-8,11,14-17,20,23,27,31-34,57H,3,5-6,9-10,12-13,18-19,21-22,24-26H2,1-2H3,(H2,43,52)(H,44,56)(H,46,54)(H,47,53)(H,58,59)/t31-,32?,33+,34-/m0/s1. The van der Waals surface area contributed by atoms with E-state index in [-0.39, 0.29) is 62.6 Å². The second kappa shape index (κ2) is 21.8. The van der Waals surface area contributed by atoms with Gasteiger partial charge in [-0.05, 0) is 68.7 Å². The van der Waals surface area contributed by atoms with Crippen LogP contribution < -0.4 is 21.7 Å². The predicted octanol–water partition coefficient (Wildman–Crippen LogP) is 2.77. The molecule has 0 spiro atoms. The largest absolute Gasteiger partial charge is 0.445 e. The fourth-order valence-corrected chi connectivity index (χ4v) is 8.41. The number of hydrogen-bond donors (Lipinski definition) is 6. The third-order valence-corrected chi connectivity index (χ3v) is 11.6. The molecule has 5 rings (SSSR count). The Morgan fingerprint density at radius 1 is 0.967 bits per heavy atom. The minimum Gasteiger partial charge on any atom is -0.445 e. The third kappa shape index (κ3) is 13.5. The van der Waals surface area contributed by atoms with Gasteiger partial charge in [0.1, 0.15) is 24.3 Å². The molecule has 330 valence electrons. The number of primary amides is 1. The average molecular weight is 865 g/mol. The van der Waals surface area contributed by atoms with Crippen molar-refractivity contribution >= 4 is 46.6 Å². The van der Waals surface area contributed by atoms with Gasteiger partial charge in [-0.1, -0.05) is 79.8 Å². The molecule has 1 saturated carbocycles. The first-order valence-electron chi connectivity index (χ1n) is 20.6. The van der Waals surface area contributed by atoms with Crippen LogP contribution in [0.2, 0.25) is 0 Å². The number of nitrogens with two attached hydrogens (primary N) is 1. The summed E-state index contributed by atoms with van der Waals surface area (Å²) in [4.78, 5) is 81.8. The monoisotopic (exact) mass is 864 g/mol. The number of ether oxygens (including phenoxy) is 1. The van der Waals surface area contributed by atoms with Gasteiger partial charge in [0.05, 0.1) is 29.7 Å². The molecule has 2 fully saturated rings. The lowest BCUT2D eigenvalue weighted by molar-refractivity contribution is -0.142. The van der Waals surface area contributed by atoms with E-state index in [0.29, 0.717) is 17.7 Å². The summed E-state index contributed by atoms with van der Waals surface area (Å²) in [6, 6.07) is 11.1. The van der Waals surface area contributed by atoms with E-state index in [0.717, 1.165) is 37.7 Å². The molecule has 3 aromatic rings. The highest BCUT2D eigenvalue weighted by molar-refractivity contribution is 7.78. The number of Topliss-reactive ketones (excluding diaryl/α,β-unsaturated/α-hetero) is 1. The van der Waals surface area contributed by atoms with E-state index in [1.165, 1.54) is 27.9 Å². The van der Waals surface area contributed by atoms with Crippen molar-refractivity contribution in [2.45, 2.75) is 120 Å². The first-order chi connectivity index (χ1) is 29.1. The lowest BCUT2D eigenvalue weighted by Gasteiger charge is -2.32. The topological polar surface area (TPSA) is 265 Å². The summed E-state index contributed by atoms with van der Waals surface area (Å²) in [6.07, 6.45) is 6.36. The van der Waals surface area contributed by atoms with E-state index in [1.54, 1.807) is 26.0 Å². The number of nitrogens with zero attached hydrogens (tertiary/aromatic N) is 4. The lowest BCUT2D eigenvalue weighted by Crippen LogP contribution is -2.56. The molecular weight excluding hydrogens is 809 g/mol. The third-order valence-electron chi connectivity index (χ3n) is 11.1. The average Bonchev–Trinajstić information content (AvgIpc) is 3.91. The van der Waals surface area contributed by atoms with Gasteiger partial charge < -0.3 is 41.0 Å². The Bertz CT molecular complexity index is 2030. The molecule has 0 radical (unpaired) electrons. The Hall–Kier alpha value is -5.53. The number of nitrogens with one attached hydrogen (secondary N) is 3. The van der Waals surface area contributed by atoms with Gasteiger partial charge in [0.2, 0.25) is 17.6 Å². The fraction of sp³-hybridized carbons (Fsp3) is 0.524. The lowest BCUT2D eigenvalue weighted by atomic mass is 9.84. The molecule has 61 heavy (non-hydrogen) atoms. The second-order valence-corrected chi connectivity index (χ2v) is 17.2. The van der Waals surface area contributed by atoms with Crippen molar-refractivity contribution in [1.29, 1.82) is 0 Å². The van der Waals surface area contributed by atoms with E-state index in [9.17, 15) is 42.6 Å². The summed E-state index contributed by atoms with van der Waals surface area (Å²) in [5.74, 6) is -4.25. The maximum atomic E-state index is 14.8. The van der Waals surface area contributed by atoms with E-state index in [2.05, 4.69) is 26.3 Å². The molecule has 5 atom stereocenters.